The molecule has 1 aromatic rings. The number of hydrogen-bond donors (Lipinski definition) is 0. The predicted molar refractivity (Wildman–Crippen MR) is 48.9 cm³/mol. The second-order valence-corrected chi connectivity index (χ2v) is 2.42. The molecule has 0 aliphatic heterocycles. The number of nitrogens with zero attached hydrogens (tertiary/aromatic N) is 1. The second-order valence-electron chi connectivity index (χ2n) is 2.02. The van der Waals surface area contributed by atoms with Gasteiger partial charge in [-0.2, -0.15) is 0 Å². The van der Waals surface area contributed by atoms with Crippen molar-refractivity contribution in [2.45, 2.75) is 0 Å². The fourth-order valence-electron chi connectivity index (χ4n) is 0.721. The molecule has 0 aromatic heterocycles. The summed E-state index contributed by atoms with van der Waals surface area (Å²) in [5.41, 5.74) is 0.826. The molecule has 0 N–H and O–H groups in total. The first kappa shape index (κ1) is 8.75. The van der Waals surface area contributed by atoms with Crippen molar-refractivity contribution >= 4 is 21.6 Å². The fraction of sp³-hybridized carbons (Fsp3) is 0. The summed E-state index contributed by atoms with van der Waals surface area (Å²) in [6, 6.07) is 6.05. The first-order chi connectivity index (χ1) is 5.74. The van der Waals surface area contributed by atoms with Gasteiger partial charge in [0.1, 0.15) is 0 Å². The molecule has 0 saturated heterocycles. The average molecular weight is 226 g/mol. The Morgan fingerprint density at radius 1 is 1.33 bits per heavy atom. The molecule has 0 amide bonds. The van der Waals surface area contributed by atoms with Crippen LogP contribution in [0.3, 0.4) is 0 Å². The lowest BCUT2D eigenvalue weighted by molar-refractivity contribution is -0.384. The van der Waals surface area contributed by atoms with E-state index < -0.39 is 4.92 Å². The van der Waals surface area contributed by atoms with Crippen molar-refractivity contribution in [1.82, 2.24) is 0 Å². The molecule has 0 heterocycles. The number of benzene rings is 1. The van der Waals surface area contributed by atoms with E-state index in [9.17, 15) is 10.1 Å². The molecule has 12 heavy (non-hydrogen) atoms. The molecule has 0 radical (unpaired) electrons. The van der Waals surface area contributed by atoms with Crippen molar-refractivity contribution < 1.29 is 4.92 Å². The molecule has 1 rings (SSSR count). The van der Waals surface area contributed by atoms with Crippen LogP contribution in [0, 0.1) is 20.9 Å². The Morgan fingerprint density at radius 3 is 2.33 bits per heavy atom. The van der Waals surface area contributed by atoms with Gasteiger partial charge in [-0.3, -0.25) is 10.1 Å². The van der Waals surface area contributed by atoms with E-state index in [4.69, 9.17) is 0 Å². The van der Waals surface area contributed by atoms with Crippen molar-refractivity contribution in [3.63, 3.8) is 0 Å². The third-order valence-corrected chi connectivity index (χ3v) is 1.47. The van der Waals surface area contributed by atoms with Crippen molar-refractivity contribution in [2.24, 2.45) is 0 Å². The van der Waals surface area contributed by atoms with Gasteiger partial charge in [-0.1, -0.05) is 5.92 Å². The molecule has 0 saturated carbocycles. The number of rotatable bonds is 1. The Hall–Kier alpha value is -1.34. The highest BCUT2D eigenvalue weighted by Gasteiger charge is 2.01. The minimum Gasteiger partial charge on any atom is -0.258 e. The standard InChI is InChI=1S/C8H4BrNO2/c9-6-5-7-1-3-8(4-2-7)10(11)12/h1-4H. The largest absolute Gasteiger partial charge is 0.269 e. The van der Waals surface area contributed by atoms with Crippen molar-refractivity contribution in [3.8, 4) is 10.8 Å². The Bertz CT molecular complexity index is 348. The molecule has 0 aliphatic rings. The van der Waals surface area contributed by atoms with Gasteiger partial charge in [0.25, 0.3) is 5.69 Å². The summed E-state index contributed by atoms with van der Waals surface area (Å²) in [6.45, 7) is 0. The van der Waals surface area contributed by atoms with E-state index in [2.05, 4.69) is 26.7 Å². The Labute approximate surface area is 77.7 Å². The predicted octanol–water partition coefficient (Wildman–Crippen LogP) is 2.30. The van der Waals surface area contributed by atoms with Crippen LogP contribution in [-0.4, -0.2) is 4.92 Å². The Morgan fingerprint density at radius 2 is 1.92 bits per heavy atom. The van der Waals surface area contributed by atoms with Gasteiger partial charge in [-0.25, -0.2) is 0 Å². The molecule has 0 spiro atoms. The van der Waals surface area contributed by atoms with E-state index in [1.54, 1.807) is 12.1 Å². The van der Waals surface area contributed by atoms with Crippen molar-refractivity contribution in [3.05, 3.63) is 39.9 Å². The molecular weight excluding hydrogens is 222 g/mol. The van der Waals surface area contributed by atoms with Gasteiger partial charge in [-0.05, 0) is 17.0 Å². The van der Waals surface area contributed by atoms with Crippen LogP contribution in [0.1, 0.15) is 5.56 Å². The van der Waals surface area contributed by atoms with Crippen molar-refractivity contribution in [1.29, 1.82) is 0 Å². The second kappa shape index (κ2) is 3.88. The summed E-state index contributed by atoms with van der Waals surface area (Å²) in [5, 5.41) is 10.2. The van der Waals surface area contributed by atoms with E-state index in [0.29, 0.717) is 0 Å². The molecule has 4 heteroatoms. The van der Waals surface area contributed by atoms with Crippen LogP contribution in [0.4, 0.5) is 5.69 Å². The van der Waals surface area contributed by atoms with Gasteiger partial charge >= 0.3 is 0 Å². The lowest BCUT2D eigenvalue weighted by Gasteiger charge is -1.89. The lowest BCUT2D eigenvalue weighted by atomic mass is 10.2. The van der Waals surface area contributed by atoms with Gasteiger partial charge < -0.3 is 0 Å². The van der Waals surface area contributed by atoms with E-state index in [1.165, 1.54) is 12.1 Å². The fourth-order valence-corrected chi connectivity index (χ4v) is 0.950. The number of hydrogen-bond acceptors (Lipinski definition) is 2. The maximum Gasteiger partial charge on any atom is 0.269 e. The zero-order valence-corrected chi connectivity index (χ0v) is 7.54. The molecular formula is C8H4BrNO2. The smallest absolute Gasteiger partial charge is 0.258 e. The lowest BCUT2D eigenvalue weighted by Crippen LogP contribution is -1.86. The average Bonchev–Trinajstić information content (AvgIpc) is 2.06. The maximum absolute atomic E-state index is 10.2. The van der Waals surface area contributed by atoms with E-state index in [1.807, 2.05) is 0 Å². The van der Waals surface area contributed by atoms with Gasteiger partial charge in [0, 0.05) is 33.6 Å². The zero-order chi connectivity index (χ0) is 8.97. The summed E-state index contributed by atoms with van der Waals surface area (Å²) >= 11 is 2.94. The van der Waals surface area contributed by atoms with Gasteiger partial charge in [-0.15, -0.1) is 0 Å². The monoisotopic (exact) mass is 225 g/mol. The number of halogens is 1. The van der Waals surface area contributed by atoms with E-state index >= 15 is 0 Å². The Balaban J connectivity index is 2.98. The highest BCUT2D eigenvalue weighted by Crippen LogP contribution is 2.10. The van der Waals surface area contributed by atoms with E-state index in [-0.39, 0.29) is 5.69 Å². The first-order valence-electron chi connectivity index (χ1n) is 3.10. The quantitative estimate of drug-likeness (QED) is 0.419. The van der Waals surface area contributed by atoms with E-state index in [0.717, 1.165) is 5.56 Å². The molecule has 0 fully saturated rings. The summed E-state index contributed by atoms with van der Waals surface area (Å²) in [5.74, 6) is 2.72. The topological polar surface area (TPSA) is 43.1 Å². The molecule has 3 nitrogen and oxygen atoms in total. The first-order valence-corrected chi connectivity index (χ1v) is 3.89. The molecule has 0 aliphatic carbocycles. The minimum absolute atomic E-state index is 0.0788. The maximum atomic E-state index is 10.2. The number of nitro groups is 1. The van der Waals surface area contributed by atoms with Crippen LogP contribution in [0.25, 0.3) is 0 Å². The molecule has 0 atom stereocenters. The normalized spacial score (nSPS) is 8.42. The third kappa shape index (κ3) is 2.07. The highest BCUT2D eigenvalue weighted by molar-refractivity contribution is 9.12. The van der Waals surface area contributed by atoms with Crippen LogP contribution >= 0.6 is 15.9 Å². The van der Waals surface area contributed by atoms with Crippen LogP contribution < -0.4 is 0 Å². The van der Waals surface area contributed by atoms with Gasteiger partial charge in [0.05, 0.1) is 4.92 Å². The molecule has 1 aromatic carbocycles. The zero-order valence-electron chi connectivity index (χ0n) is 5.95. The highest BCUT2D eigenvalue weighted by atomic mass is 79.9. The summed E-state index contributed by atoms with van der Waals surface area (Å²) in [4.78, 5) is 12.3. The van der Waals surface area contributed by atoms with Gasteiger partial charge in [0.2, 0.25) is 0 Å². The van der Waals surface area contributed by atoms with Crippen LogP contribution in [0.2, 0.25) is 0 Å². The summed E-state index contributed by atoms with van der Waals surface area (Å²) in [7, 11) is 0. The minimum atomic E-state index is -0.439. The van der Waals surface area contributed by atoms with Crippen LogP contribution in [0.15, 0.2) is 24.3 Å². The number of nitro benzene ring substituents is 1. The molecule has 60 valence electrons. The SMILES string of the molecule is O=[N+]([O-])c1ccc(C#CBr)cc1. The molecule has 0 bridgehead atoms. The third-order valence-electron chi connectivity index (χ3n) is 1.27. The van der Waals surface area contributed by atoms with Crippen LogP contribution in [-0.2, 0) is 0 Å². The molecule has 0 unspecified atom stereocenters. The summed E-state index contributed by atoms with van der Waals surface area (Å²) in [6.07, 6.45) is 0. The number of non-ortho nitro benzene ring substituents is 1. The summed E-state index contributed by atoms with van der Waals surface area (Å²) < 4.78 is 0. The Kier molecular flexibility index (Phi) is 2.83. The van der Waals surface area contributed by atoms with Crippen molar-refractivity contribution in [2.75, 3.05) is 0 Å². The van der Waals surface area contributed by atoms with Crippen LogP contribution in [0.5, 0.6) is 0 Å². The van der Waals surface area contributed by atoms with Gasteiger partial charge in [0.15, 0.2) is 0 Å².